The lowest BCUT2D eigenvalue weighted by molar-refractivity contribution is 0.186. The lowest BCUT2D eigenvalue weighted by atomic mass is 9.94. The fourth-order valence-electron chi connectivity index (χ4n) is 3.47. The topological polar surface area (TPSA) is 45.3 Å². The summed E-state index contributed by atoms with van der Waals surface area (Å²) in [5, 5.41) is 0. The summed E-state index contributed by atoms with van der Waals surface area (Å²) >= 11 is 1.33. The van der Waals surface area contributed by atoms with E-state index in [9.17, 15) is 4.79 Å². The highest BCUT2D eigenvalue weighted by molar-refractivity contribution is 7.09. The molecule has 0 bridgehead atoms. The van der Waals surface area contributed by atoms with Crippen molar-refractivity contribution in [3.8, 4) is 17.0 Å². The Balaban J connectivity index is 1.78. The summed E-state index contributed by atoms with van der Waals surface area (Å²) in [5.74, 6) is 0.861. The van der Waals surface area contributed by atoms with Gasteiger partial charge in [0.1, 0.15) is 5.75 Å². The molecule has 4 nitrogen and oxygen atoms in total. The van der Waals surface area contributed by atoms with Crippen LogP contribution in [0.5, 0.6) is 5.75 Å². The molecule has 1 aliphatic carbocycles. The number of aromatic amines is 1. The second-order valence-corrected chi connectivity index (χ2v) is 7.54. The molecule has 1 saturated carbocycles. The minimum absolute atomic E-state index is 0.0194. The monoisotopic (exact) mass is 346 g/mol. The first kappa shape index (κ1) is 17.2. The van der Waals surface area contributed by atoms with Crippen LogP contribution in [0, 0.1) is 0 Å². The molecule has 1 aromatic heterocycles. The molecule has 1 fully saturated rings. The first-order valence-corrected chi connectivity index (χ1v) is 9.64. The molecular formula is C19H26N2O2S. The summed E-state index contributed by atoms with van der Waals surface area (Å²) in [6.45, 7) is 3.46. The molecule has 0 atom stereocenters. The van der Waals surface area contributed by atoms with Crippen LogP contribution in [0.3, 0.4) is 0 Å². The number of rotatable bonds is 6. The molecule has 1 aliphatic rings. The maximum atomic E-state index is 11.9. The molecule has 0 radical (unpaired) electrons. The van der Waals surface area contributed by atoms with Gasteiger partial charge in [-0.05, 0) is 56.6 Å². The number of benzene rings is 1. The van der Waals surface area contributed by atoms with Crippen LogP contribution in [-0.2, 0) is 6.54 Å². The van der Waals surface area contributed by atoms with Gasteiger partial charge in [0.2, 0.25) is 0 Å². The third-order valence-electron chi connectivity index (χ3n) is 4.77. The fraction of sp³-hybridized carbons (Fsp3) is 0.526. The Labute approximate surface area is 147 Å². The predicted molar refractivity (Wildman–Crippen MR) is 99.9 cm³/mol. The average Bonchev–Trinajstić information content (AvgIpc) is 2.97. The summed E-state index contributed by atoms with van der Waals surface area (Å²) in [6.07, 6.45) is 6.55. The van der Waals surface area contributed by atoms with Crippen LogP contribution in [0.4, 0.5) is 0 Å². The lowest BCUT2D eigenvalue weighted by Crippen LogP contribution is -2.32. The van der Waals surface area contributed by atoms with Crippen LogP contribution in [0.1, 0.15) is 43.9 Å². The molecule has 3 rings (SSSR count). The summed E-state index contributed by atoms with van der Waals surface area (Å²) in [5.41, 5.74) is 2.00. The zero-order valence-corrected chi connectivity index (χ0v) is 15.3. The molecule has 0 saturated heterocycles. The Morgan fingerprint density at radius 3 is 2.58 bits per heavy atom. The predicted octanol–water partition coefficient (Wildman–Crippen LogP) is 4.27. The molecule has 0 aliphatic heterocycles. The zero-order valence-electron chi connectivity index (χ0n) is 14.5. The highest BCUT2D eigenvalue weighted by Gasteiger charge is 2.20. The number of nitrogens with zero attached hydrogens (tertiary/aromatic N) is 1. The van der Waals surface area contributed by atoms with Crippen molar-refractivity contribution in [2.75, 3.05) is 13.7 Å². The minimum atomic E-state index is 0.0194. The maximum absolute atomic E-state index is 11.9. The Kier molecular flexibility index (Phi) is 5.74. The van der Waals surface area contributed by atoms with E-state index in [1.54, 1.807) is 0 Å². The van der Waals surface area contributed by atoms with Crippen molar-refractivity contribution >= 4 is 11.3 Å². The van der Waals surface area contributed by atoms with Gasteiger partial charge in [-0.25, -0.2) is 0 Å². The molecular weight excluding hydrogens is 320 g/mol. The highest BCUT2D eigenvalue weighted by atomic mass is 32.1. The van der Waals surface area contributed by atoms with Gasteiger partial charge in [-0.2, -0.15) is 0 Å². The Morgan fingerprint density at radius 2 is 1.92 bits per heavy atom. The van der Waals surface area contributed by atoms with E-state index in [-0.39, 0.29) is 4.87 Å². The smallest absolute Gasteiger partial charge is 0.305 e. The number of thiazole rings is 1. The van der Waals surface area contributed by atoms with Gasteiger partial charge in [0.15, 0.2) is 0 Å². The van der Waals surface area contributed by atoms with E-state index in [0.717, 1.165) is 28.4 Å². The van der Waals surface area contributed by atoms with Gasteiger partial charge in [0, 0.05) is 17.5 Å². The average molecular weight is 346 g/mol. The maximum Gasteiger partial charge on any atom is 0.305 e. The van der Waals surface area contributed by atoms with E-state index in [4.69, 9.17) is 4.74 Å². The van der Waals surface area contributed by atoms with E-state index in [0.29, 0.717) is 12.6 Å². The standard InChI is InChI=1S/C19H26N2O2S/c1-3-23-16-11-9-14(10-12-16)18-17(24-19(22)20-18)13-21(2)15-7-5-4-6-8-15/h9-12,15H,3-8,13H2,1-2H3,(H,20,22). The summed E-state index contributed by atoms with van der Waals surface area (Å²) in [4.78, 5) is 18.5. The second kappa shape index (κ2) is 7.99. The van der Waals surface area contributed by atoms with E-state index in [1.807, 2.05) is 31.2 Å². The number of nitrogens with one attached hydrogen (secondary N) is 1. The van der Waals surface area contributed by atoms with E-state index in [2.05, 4.69) is 16.9 Å². The van der Waals surface area contributed by atoms with Gasteiger partial charge >= 0.3 is 4.87 Å². The van der Waals surface area contributed by atoms with Crippen molar-refractivity contribution in [2.45, 2.75) is 51.6 Å². The summed E-state index contributed by atoms with van der Waals surface area (Å²) < 4.78 is 5.50. The SMILES string of the molecule is CCOc1ccc(-c2[nH]c(=O)sc2CN(C)C2CCCCC2)cc1. The zero-order chi connectivity index (χ0) is 16.9. The number of hydrogen-bond acceptors (Lipinski definition) is 4. The van der Waals surface area contributed by atoms with Crippen LogP contribution in [0.25, 0.3) is 11.3 Å². The molecule has 0 spiro atoms. The van der Waals surface area contributed by atoms with Crippen LogP contribution in [0.2, 0.25) is 0 Å². The lowest BCUT2D eigenvalue weighted by Gasteiger charge is -2.31. The van der Waals surface area contributed by atoms with Crippen molar-refractivity contribution in [2.24, 2.45) is 0 Å². The first-order chi connectivity index (χ1) is 11.7. The molecule has 2 aromatic rings. The molecule has 0 unspecified atom stereocenters. The molecule has 5 heteroatoms. The van der Waals surface area contributed by atoms with Crippen molar-refractivity contribution in [1.82, 2.24) is 9.88 Å². The van der Waals surface area contributed by atoms with Gasteiger partial charge in [-0.3, -0.25) is 9.69 Å². The largest absolute Gasteiger partial charge is 0.494 e. The summed E-state index contributed by atoms with van der Waals surface area (Å²) in [6, 6.07) is 8.61. The molecule has 130 valence electrons. The third kappa shape index (κ3) is 4.08. The van der Waals surface area contributed by atoms with Crippen molar-refractivity contribution < 1.29 is 4.74 Å². The van der Waals surface area contributed by atoms with Crippen LogP contribution < -0.4 is 9.61 Å². The number of H-pyrrole nitrogens is 1. The Hall–Kier alpha value is -1.59. The highest BCUT2D eigenvalue weighted by Crippen LogP contribution is 2.28. The van der Waals surface area contributed by atoms with Gasteiger partial charge in [0.25, 0.3) is 0 Å². The van der Waals surface area contributed by atoms with Crippen molar-refractivity contribution in [3.63, 3.8) is 0 Å². The van der Waals surface area contributed by atoms with Crippen LogP contribution >= 0.6 is 11.3 Å². The second-order valence-electron chi connectivity index (χ2n) is 6.48. The first-order valence-electron chi connectivity index (χ1n) is 8.83. The molecule has 1 aromatic carbocycles. The number of hydrogen-bond donors (Lipinski definition) is 1. The van der Waals surface area contributed by atoms with E-state index < -0.39 is 0 Å². The van der Waals surface area contributed by atoms with E-state index in [1.165, 1.54) is 43.4 Å². The fourth-order valence-corrected chi connectivity index (χ4v) is 4.38. The van der Waals surface area contributed by atoms with Crippen LogP contribution in [-0.4, -0.2) is 29.6 Å². The molecule has 1 heterocycles. The summed E-state index contributed by atoms with van der Waals surface area (Å²) in [7, 11) is 2.18. The normalized spacial score (nSPS) is 15.8. The van der Waals surface area contributed by atoms with Crippen molar-refractivity contribution in [1.29, 1.82) is 0 Å². The molecule has 0 amide bonds. The Morgan fingerprint density at radius 1 is 1.21 bits per heavy atom. The van der Waals surface area contributed by atoms with Gasteiger partial charge in [-0.1, -0.05) is 30.6 Å². The number of aromatic nitrogens is 1. The third-order valence-corrected chi connectivity index (χ3v) is 5.63. The van der Waals surface area contributed by atoms with Crippen LogP contribution in [0.15, 0.2) is 29.1 Å². The van der Waals surface area contributed by atoms with Gasteiger partial charge < -0.3 is 9.72 Å². The molecule has 24 heavy (non-hydrogen) atoms. The number of ether oxygens (including phenoxy) is 1. The van der Waals surface area contributed by atoms with E-state index >= 15 is 0 Å². The van der Waals surface area contributed by atoms with Gasteiger partial charge in [-0.15, -0.1) is 0 Å². The van der Waals surface area contributed by atoms with Crippen molar-refractivity contribution in [3.05, 3.63) is 38.8 Å². The Bertz CT molecular complexity index is 699. The minimum Gasteiger partial charge on any atom is -0.494 e. The molecule has 1 N–H and O–H groups in total. The van der Waals surface area contributed by atoms with Gasteiger partial charge in [0.05, 0.1) is 12.3 Å². The quantitative estimate of drug-likeness (QED) is 0.850.